The number of rotatable bonds is 7. The van der Waals surface area contributed by atoms with Gasteiger partial charge in [-0.05, 0) is 72.2 Å². The Hall–Kier alpha value is -2.04. The number of carbonyl (C=O) groups is 1. The van der Waals surface area contributed by atoms with Crippen molar-refractivity contribution < 1.29 is 4.79 Å². The molecule has 2 aromatic carbocycles. The molecule has 1 aliphatic carbocycles. The molecule has 0 aromatic heterocycles. The maximum absolute atomic E-state index is 12.4. The van der Waals surface area contributed by atoms with Crippen molar-refractivity contribution in [1.29, 1.82) is 0 Å². The van der Waals surface area contributed by atoms with E-state index >= 15 is 0 Å². The molecular weight excluding hydrogens is 424 g/mol. The number of aliphatic imine (C=N–C) groups is 1. The van der Waals surface area contributed by atoms with Crippen LogP contribution in [-0.2, 0) is 0 Å². The van der Waals surface area contributed by atoms with Gasteiger partial charge in [-0.25, -0.2) is 0 Å². The lowest BCUT2D eigenvalue weighted by atomic mass is 9.87. The smallest absolute Gasteiger partial charge is 0.261 e. The van der Waals surface area contributed by atoms with Crippen molar-refractivity contribution >= 4 is 40.7 Å². The highest BCUT2D eigenvalue weighted by molar-refractivity contribution is 7.98. The van der Waals surface area contributed by atoms with Gasteiger partial charge < -0.3 is 0 Å². The molecule has 0 unspecified atom stereocenters. The molecule has 2 aromatic rings. The Labute approximate surface area is 195 Å². The van der Waals surface area contributed by atoms with Crippen LogP contribution in [0.15, 0.2) is 53.5 Å². The van der Waals surface area contributed by atoms with Gasteiger partial charge in [-0.1, -0.05) is 63.6 Å². The lowest BCUT2D eigenvalue weighted by Gasteiger charge is -2.20. The van der Waals surface area contributed by atoms with Crippen molar-refractivity contribution in [2.75, 3.05) is 7.05 Å². The van der Waals surface area contributed by atoms with E-state index in [-0.39, 0.29) is 11.3 Å². The van der Waals surface area contributed by atoms with Gasteiger partial charge in [0.25, 0.3) is 5.91 Å². The number of nitrogens with zero attached hydrogens (tertiary/aromatic N) is 1. The van der Waals surface area contributed by atoms with Crippen LogP contribution in [0.25, 0.3) is 16.7 Å². The predicted molar refractivity (Wildman–Crippen MR) is 136 cm³/mol. The summed E-state index contributed by atoms with van der Waals surface area (Å²) in [6, 6.07) is 13.9. The summed E-state index contributed by atoms with van der Waals surface area (Å²) in [5.41, 5.74) is 6.00. The molecule has 0 aliphatic heterocycles. The van der Waals surface area contributed by atoms with Crippen molar-refractivity contribution in [3.63, 3.8) is 0 Å². The fraction of sp³-hybridized carbons (Fsp3) is 0.385. The Bertz CT molecular complexity index is 1020. The molecule has 0 spiro atoms. The third-order valence-electron chi connectivity index (χ3n) is 5.32. The second-order valence-corrected chi connectivity index (χ2v) is 10.4. The Morgan fingerprint density at radius 2 is 1.94 bits per heavy atom. The van der Waals surface area contributed by atoms with Gasteiger partial charge in [-0.15, -0.1) is 0 Å². The molecule has 0 bridgehead atoms. The van der Waals surface area contributed by atoms with Crippen LogP contribution in [0.1, 0.15) is 62.9 Å². The number of hydrogen-bond acceptors (Lipinski definition) is 3. The largest absolute Gasteiger partial charge is 0.296 e. The van der Waals surface area contributed by atoms with E-state index in [1.54, 1.807) is 6.07 Å². The minimum Gasteiger partial charge on any atom is -0.296 e. The minimum absolute atomic E-state index is 0.00964. The summed E-state index contributed by atoms with van der Waals surface area (Å²) in [5, 5.41) is 1.15. The van der Waals surface area contributed by atoms with Gasteiger partial charge in [-0.3, -0.25) is 14.5 Å². The van der Waals surface area contributed by atoms with E-state index in [0.717, 1.165) is 28.8 Å². The van der Waals surface area contributed by atoms with E-state index in [2.05, 4.69) is 67.8 Å². The van der Waals surface area contributed by atoms with E-state index in [9.17, 15) is 4.79 Å². The van der Waals surface area contributed by atoms with Crippen LogP contribution >= 0.6 is 23.5 Å². The number of allylic oxidation sites excluding steroid dienone is 2. The molecule has 3 rings (SSSR count). The fourth-order valence-electron chi connectivity index (χ4n) is 3.33. The fourth-order valence-corrected chi connectivity index (χ4v) is 4.38. The molecule has 0 radical (unpaired) electrons. The highest BCUT2D eigenvalue weighted by atomic mass is 35.5. The SMILES string of the molecule is CC/C(=C\C(=NC)C(C)(C)C)c1cccc(-c2ccc(C(=O)NSC3CC3)cc2Cl)c1. The third kappa shape index (κ3) is 6.24. The molecule has 5 heteroatoms. The molecule has 1 aliphatic rings. The van der Waals surface area contributed by atoms with Crippen molar-refractivity contribution in [2.24, 2.45) is 10.4 Å². The molecule has 3 nitrogen and oxygen atoms in total. The average molecular weight is 455 g/mol. The minimum atomic E-state index is -0.0936. The highest BCUT2D eigenvalue weighted by Crippen LogP contribution is 2.34. The van der Waals surface area contributed by atoms with Crippen LogP contribution < -0.4 is 4.72 Å². The Morgan fingerprint density at radius 3 is 2.52 bits per heavy atom. The second-order valence-electron chi connectivity index (χ2n) is 8.91. The van der Waals surface area contributed by atoms with Gasteiger partial charge in [0, 0.05) is 39.6 Å². The quantitative estimate of drug-likeness (QED) is 0.348. The highest BCUT2D eigenvalue weighted by Gasteiger charge is 2.23. The summed E-state index contributed by atoms with van der Waals surface area (Å²) >= 11 is 8.10. The molecule has 1 amide bonds. The maximum Gasteiger partial charge on any atom is 0.261 e. The van der Waals surface area contributed by atoms with Crippen molar-refractivity contribution in [2.45, 2.75) is 52.2 Å². The zero-order valence-corrected chi connectivity index (χ0v) is 20.5. The summed E-state index contributed by atoms with van der Waals surface area (Å²) in [6.07, 6.45) is 5.46. The van der Waals surface area contributed by atoms with E-state index < -0.39 is 0 Å². The molecule has 1 fully saturated rings. The first-order valence-corrected chi connectivity index (χ1v) is 12.0. The van der Waals surface area contributed by atoms with Crippen molar-refractivity contribution in [3.8, 4) is 11.1 Å². The molecule has 0 atom stereocenters. The van der Waals surface area contributed by atoms with Gasteiger partial charge >= 0.3 is 0 Å². The van der Waals surface area contributed by atoms with Crippen LogP contribution in [0.5, 0.6) is 0 Å². The average Bonchev–Trinajstić information content (AvgIpc) is 3.56. The van der Waals surface area contributed by atoms with Crippen LogP contribution in [0.4, 0.5) is 0 Å². The first-order valence-electron chi connectivity index (χ1n) is 10.8. The number of nitrogens with one attached hydrogen (secondary N) is 1. The van der Waals surface area contributed by atoms with Crippen LogP contribution in [0.2, 0.25) is 5.02 Å². The predicted octanol–water partition coefficient (Wildman–Crippen LogP) is 7.46. The van der Waals surface area contributed by atoms with Crippen LogP contribution in [-0.4, -0.2) is 23.9 Å². The first kappa shape index (κ1) is 23.6. The van der Waals surface area contributed by atoms with Gasteiger partial charge in [0.15, 0.2) is 0 Å². The summed E-state index contributed by atoms with van der Waals surface area (Å²) in [7, 11) is 1.85. The molecule has 1 saturated carbocycles. The van der Waals surface area contributed by atoms with Gasteiger partial charge in [0.1, 0.15) is 0 Å². The number of hydrogen-bond donors (Lipinski definition) is 1. The molecule has 1 N–H and O–H groups in total. The number of halogens is 1. The lowest BCUT2D eigenvalue weighted by Crippen LogP contribution is -2.18. The maximum atomic E-state index is 12.4. The molecule has 164 valence electrons. The Balaban J connectivity index is 1.87. The van der Waals surface area contributed by atoms with Crippen molar-refractivity contribution in [1.82, 2.24) is 4.72 Å². The summed E-state index contributed by atoms with van der Waals surface area (Å²) < 4.78 is 2.92. The first-order chi connectivity index (χ1) is 14.7. The zero-order valence-electron chi connectivity index (χ0n) is 19.0. The topological polar surface area (TPSA) is 41.5 Å². The Kier molecular flexibility index (Phi) is 7.66. The Morgan fingerprint density at radius 1 is 1.19 bits per heavy atom. The lowest BCUT2D eigenvalue weighted by molar-refractivity contribution is 0.0984. The third-order valence-corrected chi connectivity index (χ3v) is 6.74. The van der Waals surface area contributed by atoms with Crippen LogP contribution in [0, 0.1) is 5.41 Å². The van der Waals surface area contributed by atoms with Gasteiger partial charge in [0.2, 0.25) is 0 Å². The van der Waals surface area contributed by atoms with E-state index in [1.165, 1.54) is 30.4 Å². The second kappa shape index (κ2) is 10.1. The van der Waals surface area contributed by atoms with Gasteiger partial charge in [-0.2, -0.15) is 0 Å². The summed E-state index contributed by atoms with van der Waals surface area (Å²) in [6.45, 7) is 8.69. The number of benzene rings is 2. The van der Waals surface area contributed by atoms with Gasteiger partial charge in [0.05, 0.1) is 0 Å². The molecule has 31 heavy (non-hydrogen) atoms. The summed E-state index contributed by atoms with van der Waals surface area (Å²) in [4.78, 5) is 16.9. The normalized spacial score (nSPS) is 15.2. The van der Waals surface area contributed by atoms with E-state index in [1.807, 2.05) is 19.2 Å². The molecular formula is C26H31ClN2OS. The van der Waals surface area contributed by atoms with Crippen LogP contribution in [0.3, 0.4) is 0 Å². The standard InChI is InChI=1S/C26H31ClN2OS/c1-6-17(16-24(28-5)26(2,3)4)18-8-7-9-19(14-18)22-13-10-20(15-23(22)27)25(30)29-31-21-11-12-21/h7-10,13-16,21H,6,11-12H2,1-5H3,(H,29,30)/b17-16+,28-24?. The number of carbonyl (C=O) groups excluding carboxylic acids is 1. The van der Waals surface area contributed by atoms with E-state index in [4.69, 9.17) is 11.6 Å². The van der Waals surface area contributed by atoms with Crippen molar-refractivity contribution in [3.05, 3.63) is 64.7 Å². The number of amides is 1. The summed E-state index contributed by atoms with van der Waals surface area (Å²) in [5.74, 6) is -0.0936. The van der Waals surface area contributed by atoms with E-state index in [0.29, 0.717) is 15.8 Å². The monoisotopic (exact) mass is 454 g/mol. The zero-order chi connectivity index (χ0) is 22.6. The molecule has 0 saturated heterocycles. The molecule has 0 heterocycles.